The minimum Gasteiger partial charge on any atom is -0.477 e. The van der Waals surface area contributed by atoms with Crippen LogP contribution in [0.4, 0.5) is 18.9 Å². The number of alkyl halides is 3. The van der Waals surface area contributed by atoms with Gasteiger partial charge in [-0.3, -0.25) is 0 Å². The predicted molar refractivity (Wildman–Crippen MR) is 111 cm³/mol. The van der Waals surface area contributed by atoms with E-state index >= 15 is 0 Å². The van der Waals surface area contributed by atoms with Gasteiger partial charge in [0.2, 0.25) is 5.88 Å². The number of aliphatic carboxylic acids is 1. The first-order valence-electron chi connectivity index (χ1n) is 9.99. The molecule has 1 aliphatic heterocycles. The van der Waals surface area contributed by atoms with Crippen molar-refractivity contribution in [2.75, 3.05) is 31.1 Å². The minimum absolute atomic E-state index is 0.380. The SMILES string of the molecule is CCOc1ncccc1-c1ccc(N2CCNC[C@H]2CC)c(C#N)n1.O=C(O)C(F)(F)F. The summed E-state index contributed by atoms with van der Waals surface area (Å²) in [7, 11) is 0. The summed E-state index contributed by atoms with van der Waals surface area (Å²) in [6, 6.07) is 10.4. The molecule has 0 aliphatic carbocycles. The molecule has 0 unspecified atom stereocenters. The van der Waals surface area contributed by atoms with E-state index in [0.29, 0.717) is 29.9 Å². The first-order valence-corrected chi connectivity index (χ1v) is 9.99. The third-order valence-electron chi connectivity index (χ3n) is 4.68. The molecule has 0 aromatic carbocycles. The van der Waals surface area contributed by atoms with Gasteiger partial charge in [0, 0.05) is 31.9 Å². The van der Waals surface area contributed by atoms with Crippen LogP contribution in [0.5, 0.6) is 5.88 Å². The minimum atomic E-state index is -5.08. The number of hydrogen-bond acceptors (Lipinski definition) is 7. The largest absolute Gasteiger partial charge is 0.490 e. The van der Waals surface area contributed by atoms with Crippen molar-refractivity contribution in [1.29, 1.82) is 5.26 Å². The number of nitriles is 1. The van der Waals surface area contributed by atoms with Gasteiger partial charge >= 0.3 is 12.1 Å². The number of rotatable bonds is 5. The second-order valence-electron chi connectivity index (χ2n) is 6.73. The highest BCUT2D eigenvalue weighted by Crippen LogP contribution is 2.30. The fraction of sp³-hybridized carbons (Fsp3) is 0.429. The summed E-state index contributed by atoms with van der Waals surface area (Å²) in [5.41, 5.74) is 2.87. The Labute approximate surface area is 183 Å². The second kappa shape index (κ2) is 11.3. The van der Waals surface area contributed by atoms with E-state index in [1.165, 1.54) is 0 Å². The van der Waals surface area contributed by atoms with Gasteiger partial charge in [0.1, 0.15) is 6.07 Å². The normalized spacial score (nSPS) is 15.9. The number of nitrogens with one attached hydrogen (secondary N) is 1. The van der Waals surface area contributed by atoms with E-state index in [1.54, 1.807) is 6.20 Å². The van der Waals surface area contributed by atoms with Crippen LogP contribution >= 0.6 is 0 Å². The number of halogens is 3. The lowest BCUT2D eigenvalue weighted by molar-refractivity contribution is -0.192. The molecule has 2 aromatic rings. The first kappa shape index (κ1) is 24.9. The Hall–Kier alpha value is -3.39. The Bertz CT molecular complexity index is 962. The van der Waals surface area contributed by atoms with Gasteiger partial charge < -0.3 is 20.1 Å². The average Bonchev–Trinajstić information content (AvgIpc) is 2.79. The van der Waals surface area contributed by atoms with Gasteiger partial charge in [-0.2, -0.15) is 18.4 Å². The predicted octanol–water partition coefficient (Wildman–Crippen LogP) is 3.24. The van der Waals surface area contributed by atoms with E-state index in [1.807, 2.05) is 31.2 Å². The Morgan fingerprint density at radius 3 is 2.69 bits per heavy atom. The highest BCUT2D eigenvalue weighted by molar-refractivity contribution is 5.73. The zero-order valence-electron chi connectivity index (χ0n) is 17.7. The topological polar surface area (TPSA) is 111 Å². The van der Waals surface area contributed by atoms with Crippen LogP contribution in [0.2, 0.25) is 0 Å². The number of nitrogens with zero attached hydrogens (tertiary/aromatic N) is 4. The fourth-order valence-electron chi connectivity index (χ4n) is 3.20. The van der Waals surface area contributed by atoms with Crippen LogP contribution in [0.15, 0.2) is 30.5 Å². The lowest BCUT2D eigenvalue weighted by Gasteiger charge is -2.37. The fourth-order valence-corrected chi connectivity index (χ4v) is 3.20. The maximum absolute atomic E-state index is 10.6. The summed E-state index contributed by atoms with van der Waals surface area (Å²) in [6.45, 7) is 7.35. The van der Waals surface area contributed by atoms with Crippen LogP contribution in [0.25, 0.3) is 11.3 Å². The van der Waals surface area contributed by atoms with Crippen molar-refractivity contribution >= 4 is 11.7 Å². The van der Waals surface area contributed by atoms with Crippen LogP contribution in [0.1, 0.15) is 26.0 Å². The number of anilines is 1. The first-order chi connectivity index (χ1) is 15.2. The van der Waals surface area contributed by atoms with Crippen molar-refractivity contribution in [1.82, 2.24) is 15.3 Å². The number of piperazine rings is 1. The molecular formula is C21H24F3N5O3. The molecule has 11 heteroatoms. The van der Waals surface area contributed by atoms with Gasteiger partial charge in [0.05, 0.1) is 23.6 Å². The molecule has 1 fully saturated rings. The molecule has 0 saturated carbocycles. The van der Waals surface area contributed by atoms with Crippen molar-refractivity contribution < 1.29 is 27.8 Å². The van der Waals surface area contributed by atoms with Gasteiger partial charge in [-0.15, -0.1) is 0 Å². The van der Waals surface area contributed by atoms with Crippen molar-refractivity contribution in [2.45, 2.75) is 32.5 Å². The van der Waals surface area contributed by atoms with Crippen molar-refractivity contribution in [2.24, 2.45) is 0 Å². The Balaban J connectivity index is 0.000000451. The molecule has 1 saturated heterocycles. The van der Waals surface area contributed by atoms with Crippen LogP contribution in [0.3, 0.4) is 0 Å². The molecule has 3 rings (SSSR count). The summed E-state index contributed by atoms with van der Waals surface area (Å²) in [6.07, 6.45) is -2.36. The smallest absolute Gasteiger partial charge is 0.477 e. The quantitative estimate of drug-likeness (QED) is 0.713. The summed E-state index contributed by atoms with van der Waals surface area (Å²) in [5, 5.41) is 20.2. The average molecular weight is 451 g/mol. The molecule has 1 atom stereocenters. The molecule has 0 spiro atoms. The highest BCUT2D eigenvalue weighted by atomic mass is 19.4. The van der Waals surface area contributed by atoms with Crippen molar-refractivity contribution in [3.63, 3.8) is 0 Å². The molecule has 0 radical (unpaired) electrons. The molecular weight excluding hydrogens is 427 g/mol. The van der Waals surface area contributed by atoms with Crippen LogP contribution < -0.4 is 15.0 Å². The van der Waals surface area contributed by atoms with Gasteiger partial charge in [-0.05, 0) is 37.6 Å². The zero-order valence-corrected chi connectivity index (χ0v) is 17.7. The molecule has 3 heterocycles. The van der Waals surface area contributed by atoms with Gasteiger partial charge in [-0.1, -0.05) is 6.92 Å². The van der Waals surface area contributed by atoms with E-state index in [4.69, 9.17) is 14.6 Å². The maximum atomic E-state index is 10.6. The molecule has 0 amide bonds. The third-order valence-corrected chi connectivity index (χ3v) is 4.68. The molecule has 172 valence electrons. The number of ether oxygens (including phenoxy) is 1. The number of carbonyl (C=O) groups is 1. The summed E-state index contributed by atoms with van der Waals surface area (Å²) < 4.78 is 37.3. The molecule has 32 heavy (non-hydrogen) atoms. The summed E-state index contributed by atoms with van der Waals surface area (Å²) in [4.78, 5) is 20.1. The second-order valence-corrected chi connectivity index (χ2v) is 6.73. The molecule has 0 bridgehead atoms. The number of aromatic nitrogens is 2. The standard InChI is InChI=1S/C19H23N5O.C2HF3O2/c1-3-14-13-21-10-11-24(14)18-8-7-16(23-17(18)12-20)15-6-5-9-22-19(15)25-4-2;3-2(4,5)1(6)7/h5-9,14,21H,3-4,10-11,13H2,1-2H3;(H,6,7)/t14-;/m1./s1. The van der Waals surface area contributed by atoms with Crippen LogP contribution in [0, 0.1) is 11.3 Å². The lowest BCUT2D eigenvalue weighted by atomic mass is 10.1. The molecule has 1 aliphatic rings. The Morgan fingerprint density at radius 1 is 1.38 bits per heavy atom. The van der Waals surface area contributed by atoms with Gasteiger partial charge in [0.15, 0.2) is 5.69 Å². The number of carboxylic acid groups (broad SMARTS) is 1. The van der Waals surface area contributed by atoms with Gasteiger partial charge in [-0.25, -0.2) is 14.8 Å². The lowest BCUT2D eigenvalue weighted by Crippen LogP contribution is -2.51. The third kappa shape index (κ3) is 6.31. The Morgan fingerprint density at radius 2 is 2.09 bits per heavy atom. The highest BCUT2D eigenvalue weighted by Gasteiger charge is 2.38. The Kier molecular flexibility index (Phi) is 8.78. The summed E-state index contributed by atoms with van der Waals surface area (Å²) >= 11 is 0. The van der Waals surface area contributed by atoms with Crippen molar-refractivity contribution in [3.05, 3.63) is 36.2 Å². The van der Waals surface area contributed by atoms with E-state index in [9.17, 15) is 18.4 Å². The molecule has 2 aromatic heterocycles. The van der Waals surface area contributed by atoms with E-state index < -0.39 is 12.1 Å². The monoisotopic (exact) mass is 451 g/mol. The van der Waals surface area contributed by atoms with E-state index in [-0.39, 0.29) is 0 Å². The maximum Gasteiger partial charge on any atom is 0.490 e. The summed E-state index contributed by atoms with van der Waals surface area (Å²) in [5.74, 6) is -2.21. The molecule has 8 nitrogen and oxygen atoms in total. The number of carboxylic acids is 1. The molecule has 2 N–H and O–H groups in total. The number of hydrogen-bond donors (Lipinski definition) is 2. The van der Waals surface area contributed by atoms with Crippen LogP contribution in [-0.4, -0.2) is 59.5 Å². The zero-order chi connectivity index (χ0) is 23.7. The number of pyridine rings is 2. The van der Waals surface area contributed by atoms with Crippen molar-refractivity contribution in [3.8, 4) is 23.2 Å². The van der Waals surface area contributed by atoms with Gasteiger partial charge in [0.25, 0.3) is 0 Å². The van der Waals surface area contributed by atoms with E-state index in [2.05, 4.69) is 33.2 Å². The van der Waals surface area contributed by atoms with Crippen LogP contribution in [-0.2, 0) is 4.79 Å². The van der Waals surface area contributed by atoms with E-state index in [0.717, 1.165) is 37.3 Å².